The van der Waals surface area contributed by atoms with Crippen molar-refractivity contribution in [3.05, 3.63) is 70.3 Å². The first kappa shape index (κ1) is 13.6. The van der Waals surface area contributed by atoms with E-state index >= 15 is 0 Å². The third kappa shape index (κ3) is 2.43. The van der Waals surface area contributed by atoms with E-state index in [0.29, 0.717) is 0 Å². The molecule has 0 radical (unpaired) electrons. The number of benzene rings is 2. The zero-order valence-electron chi connectivity index (χ0n) is 12.8. The lowest BCUT2D eigenvalue weighted by Gasteiger charge is -2.18. The molecular weight excluding hydrogens is 270 g/mol. The van der Waals surface area contributed by atoms with Gasteiger partial charge >= 0.3 is 0 Å². The van der Waals surface area contributed by atoms with Crippen LogP contribution in [-0.2, 0) is 19.3 Å². The first-order chi connectivity index (χ1) is 10.8. The molecule has 2 aromatic carbocycles. The van der Waals surface area contributed by atoms with Crippen LogP contribution >= 0.6 is 0 Å². The third-order valence-electron chi connectivity index (χ3n) is 5.05. The van der Waals surface area contributed by atoms with Gasteiger partial charge in [0.1, 0.15) is 0 Å². The summed E-state index contributed by atoms with van der Waals surface area (Å²) >= 11 is 0. The van der Waals surface area contributed by atoms with Gasteiger partial charge in [-0.2, -0.15) is 0 Å². The van der Waals surface area contributed by atoms with E-state index in [1.807, 2.05) is 6.07 Å². The van der Waals surface area contributed by atoms with Gasteiger partial charge in [0.25, 0.3) is 5.91 Å². The number of rotatable bonds is 2. The minimum absolute atomic E-state index is 0.0649. The zero-order valence-corrected chi connectivity index (χ0v) is 12.8. The van der Waals surface area contributed by atoms with Gasteiger partial charge in [-0.3, -0.25) is 4.79 Å². The van der Waals surface area contributed by atoms with Crippen molar-refractivity contribution < 1.29 is 4.79 Å². The first-order valence-electron chi connectivity index (χ1n) is 8.32. The van der Waals surface area contributed by atoms with Crippen molar-refractivity contribution in [2.24, 2.45) is 0 Å². The molecule has 2 heteroatoms. The van der Waals surface area contributed by atoms with Crippen LogP contribution in [0, 0.1) is 0 Å². The van der Waals surface area contributed by atoms with E-state index < -0.39 is 0 Å². The van der Waals surface area contributed by atoms with Crippen molar-refractivity contribution in [2.45, 2.75) is 44.6 Å². The molecule has 0 saturated carbocycles. The van der Waals surface area contributed by atoms with Crippen LogP contribution in [0.1, 0.15) is 57.9 Å². The van der Waals surface area contributed by atoms with Crippen LogP contribution in [0.5, 0.6) is 0 Å². The van der Waals surface area contributed by atoms with E-state index in [1.54, 1.807) is 0 Å². The van der Waals surface area contributed by atoms with E-state index in [4.69, 9.17) is 0 Å². The van der Waals surface area contributed by atoms with E-state index in [9.17, 15) is 4.79 Å². The highest BCUT2D eigenvalue weighted by molar-refractivity contribution is 5.94. The average molecular weight is 291 g/mol. The van der Waals surface area contributed by atoms with Crippen LogP contribution in [0.25, 0.3) is 0 Å². The van der Waals surface area contributed by atoms with Gasteiger partial charge in [-0.15, -0.1) is 0 Å². The summed E-state index contributed by atoms with van der Waals surface area (Å²) in [6.07, 6.45) is 6.86. The van der Waals surface area contributed by atoms with Gasteiger partial charge < -0.3 is 5.32 Å². The number of hydrogen-bond acceptors (Lipinski definition) is 1. The highest BCUT2D eigenvalue weighted by Gasteiger charge is 2.24. The fourth-order valence-electron chi connectivity index (χ4n) is 3.82. The molecule has 0 aliphatic heterocycles. The van der Waals surface area contributed by atoms with Crippen LogP contribution < -0.4 is 5.32 Å². The molecule has 4 rings (SSSR count). The molecular formula is C20H21NO. The molecule has 1 unspecified atom stereocenters. The molecule has 0 saturated heterocycles. The molecule has 1 atom stereocenters. The highest BCUT2D eigenvalue weighted by Crippen LogP contribution is 2.31. The summed E-state index contributed by atoms with van der Waals surface area (Å²) in [5, 5.41) is 3.22. The summed E-state index contributed by atoms with van der Waals surface area (Å²) in [6, 6.07) is 14.8. The Bertz CT molecular complexity index is 719. The van der Waals surface area contributed by atoms with Gasteiger partial charge in [-0.05, 0) is 72.9 Å². The van der Waals surface area contributed by atoms with E-state index in [1.165, 1.54) is 35.1 Å². The van der Waals surface area contributed by atoms with Crippen LogP contribution in [0.3, 0.4) is 0 Å². The normalized spacial score (nSPS) is 19.4. The first-order valence-corrected chi connectivity index (χ1v) is 8.32. The lowest BCUT2D eigenvalue weighted by molar-refractivity contribution is 0.0936. The van der Waals surface area contributed by atoms with Gasteiger partial charge in [0.2, 0.25) is 0 Å². The number of hydrogen-bond donors (Lipinski definition) is 1. The molecule has 1 amide bonds. The standard InChI is InChI=1S/C20H21NO/c22-20(17-10-9-14-5-1-2-7-16(14)13-17)21-19-12-11-15-6-3-4-8-18(15)19/h3-4,6,8-10,13,19H,1-2,5,7,11-12H2,(H,21,22). The maximum atomic E-state index is 12.6. The molecule has 0 bridgehead atoms. The Morgan fingerprint density at radius 1 is 0.909 bits per heavy atom. The minimum atomic E-state index is 0.0649. The molecule has 2 nitrogen and oxygen atoms in total. The number of aryl methyl sites for hydroxylation is 3. The molecule has 2 aromatic rings. The lowest BCUT2D eigenvalue weighted by Crippen LogP contribution is -2.27. The van der Waals surface area contributed by atoms with E-state index in [0.717, 1.165) is 31.2 Å². The minimum Gasteiger partial charge on any atom is -0.345 e. The molecule has 112 valence electrons. The second-order valence-electron chi connectivity index (χ2n) is 6.45. The Kier molecular flexibility index (Phi) is 3.45. The quantitative estimate of drug-likeness (QED) is 0.891. The number of carbonyl (C=O) groups excluding carboxylic acids is 1. The molecule has 0 aromatic heterocycles. The molecule has 2 aliphatic rings. The summed E-state index contributed by atoms with van der Waals surface area (Å²) in [6.45, 7) is 0. The van der Waals surface area contributed by atoms with Crippen molar-refractivity contribution in [2.75, 3.05) is 0 Å². The zero-order chi connectivity index (χ0) is 14.9. The second-order valence-corrected chi connectivity index (χ2v) is 6.45. The summed E-state index contributed by atoms with van der Waals surface area (Å²) in [5.74, 6) is 0.0649. The predicted octanol–water partition coefficient (Wildman–Crippen LogP) is 3.98. The number of nitrogens with one attached hydrogen (secondary N) is 1. The average Bonchev–Trinajstić information content (AvgIpc) is 2.97. The van der Waals surface area contributed by atoms with E-state index in [2.05, 4.69) is 41.7 Å². The van der Waals surface area contributed by atoms with Gasteiger partial charge in [-0.1, -0.05) is 30.3 Å². The van der Waals surface area contributed by atoms with Crippen LogP contribution in [0.15, 0.2) is 42.5 Å². The summed E-state index contributed by atoms with van der Waals surface area (Å²) in [4.78, 5) is 12.6. The van der Waals surface area contributed by atoms with Gasteiger partial charge in [-0.25, -0.2) is 0 Å². The lowest BCUT2D eigenvalue weighted by atomic mass is 9.90. The Balaban J connectivity index is 1.53. The fourth-order valence-corrected chi connectivity index (χ4v) is 3.82. The number of amides is 1. The number of carbonyl (C=O) groups is 1. The molecule has 1 N–H and O–H groups in total. The summed E-state index contributed by atoms with van der Waals surface area (Å²) in [5.41, 5.74) is 6.26. The molecule has 2 aliphatic carbocycles. The molecule has 0 heterocycles. The van der Waals surface area contributed by atoms with Crippen molar-refractivity contribution >= 4 is 5.91 Å². The van der Waals surface area contributed by atoms with Gasteiger partial charge in [0.15, 0.2) is 0 Å². The second kappa shape index (κ2) is 5.60. The Morgan fingerprint density at radius 3 is 2.64 bits per heavy atom. The fraction of sp³-hybridized carbons (Fsp3) is 0.350. The van der Waals surface area contributed by atoms with E-state index in [-0.39, 0.29) is 11.9 Å². The monoisotopic (exact) mass is 291 g/mol. The van der Waals surface area contributed by atoms with Crippen molar-refractivity contribution in [3.63, 3.8) is 0 Å². The van der Waals surface area contributed by atoms with Gasteiger partial charge in [0.05, 0.1) is 6.04 Å². The molecule has 22 heavy (non-hydrogen) atoms. The van der Waals surface area contributed by atoms with Gasteiger partial charge in [0, 0.05) is 5.56 Å². The Hall–Kier alpha value is -2.09. The predicted molar refractivity (Wildman–Crippen MR) is 88.1 cm³/mol. The van der Waals surface area contributed by atoms with Crippen molar-refractivity contribution in [1.82, 2.24) is 5.32 Å². The SMILES string of the molecule is O=C(NC1CCc2ccccc21)c1ccc2c(c1)CCCC2. The van der Waals surface area contributed by atoms with Crippen LogP contribution in [-0.4, -0.2) is 5.91 Å². The largest absolute Gasteiger partial charge is 0.345 e. The molecule has 0 fully saturated rings. The van der Waals surface area contributed by atoms with Crippen molar-refractivity contribution in [1.29, 1.82) is 0 Å². The smallest absolute Gasteiger partial charge is 0.251 e. The Morgan fingerprint density at radius 2 is 1.73 bits per heavy atom. The summed E-state index contributed by atoms with van der Waals surface area (Å²) < 4.78 is 0. The highest BCUT2D eigenvalue weighted by atomic mass is 16.1. The van der Waals surface area contributed by atoms with Crippen molar-refractivity contribution in [3.8, 4) is 0 Å². The molecule has 0 spiro atoms. The number of fused-ring (bicyclic) bond motifs is 2. The maximum absolute atomic E-state index is 12.6. The van der Waals surface area contributed by atoms with Crippen LogP contribution in [0.2, 0.25) is 0 Å². The Labute approximate surface area is 131 Å². The topological polar surface area (TPSA) is 29.1 Å². The third-order valence-corrected chi connectivity index (χ3v) is 5.05. The van der Waals surface area contributed by atoms with Crippen LogP contribution in [0.4, 0.5) is 0 Å². The maximum Gasteiger partial charge on any atom is 0.251 e. The summed E-state index contributed by atoms with van der Waals surface area (Å²) in [7, 11) is 0.